The minimum absolute atomic E-state index is 0. The van der Waals surface area contributed by atoms with Gasteiger partial charge in [0.2, 0.25) is 0 Å². The molecule has 0 radical (unpaired) electrons. The SMILES string of the molecule is CC(C)CCc1cccc2ccccc12.N. The summed E-state index contributed by atoms with van der Waals surface area (Å²) in [6, 6.07) is 15.3. The van der Waals surface area contributed by atoms with Gasteiger partial charge in [0.1, 0.15) is 0 Å². The lowest BCUT2D eigenvalue weighted by Crippen LogP contribution is -1.92. The van der Waals surface area contributed by atoms with E-state index >= 15 is 0 Å². The van der Waals surface area contributed by atoms with E-state index in [4.69, 9.17) is 0 Å². The number of aryl methyl sites for hydroxylation is 1. The van der Waals surface area contributed by atoms with Crippen molar-refractivity contribution in [3.05, 3.63) is 48.0 Å². The third-order valence-corrected chi connectivity index (χ3v) is 2.87. The molecule has 0 aromatic heterocycles. The maximum Gasteiger partial charge on any atom is -0.0152 e. The van der Waals surface area contributed by atoms with Crippen LogP contribution in [0.25, 0.3) is 10.8 Å². The van der Waals surface area contributed by atoms with Gasteiger partial charge in [0, 0.05) is 0 Å². The van der Waals surface area contributed by atoms with Crippen molar-refractivity contribution >= 4 is 10.8 Å². The van der Waals surface area contributed by atoms with E-state index in [-0.39, 0.29) is 6.15 Å². The smallest absolute Gasteiger partial charge is 0.0152 e. The van der Waals surface area contributed by atoms with Crippen LogP contribution in [0.3, 0.4) is 0 Å². The molecule has 0 saturated heterocycles. The molecule has 2 aromatic rings. The number of benzene rings is 2. The summed E-state index contributed by atoms with van der Waals surface area (Å²) in [5, 5.41) is 2.78. The van der Waals surface area contributed by atoms with Crippen molar-refractivity contribution in [1.29, 1.82) is 0 Å². The zero-order chi connectivity index (χ0) is 10.7. The van der Waals surface area contributed by atoms with Crippen LogP contribution in [-0.2, 0) is 6.42 Å². The molecule has 0 heterocycles. The van der Waals surface area contributed by atoms with E-state index in [0.29, 0.717) is 0 Å². The fraction of sp³-hybridized carbons (Fsp3) is 0.333. The summed E-state index contributed by atoms with van der Waals surface area (Å²) in [5.41, 5.74) is 1.49. The molecule has 2 aromatic carbocycles. The second-order valence-electron chi connectivity index (χ2n) is 4.57. The first-order valence-corrected chi connectivity index (χ1v) is 5.74. The fourth-order valence-corrected chi connectivity index (χ4v) is 1.95. The molecule has 0 aliphatic heterocycles. The molecular formula is C15H21N. The minimum atomic E-state index is 0. The first kappa shape index (κ1) is 12.7. The summed E-state index contributed by atoms with van der Waals surface area (Å²) < 4.78 is 0. The van der Waals surface area contributed by atoms with E-state index in [1.165, 1.54) is 29.2 Å². The fourth-order valence-electron chi connectivity index (χ4n) is 1.95. The van der Waals surface area contributed by atoms with Gasteiger partial charge in [-0.15, -0.1) is 0 Å². The van der Waals surface area contributed by atoms with Crippen LogP contribution in [-0.4, -0.2) is 0 Å². The summed E-state index contributed by atoms with van der Waals surface area (Å²) in [5.74, 6) is 0.781. The van der Waals surface area contributed by atoms with Crippen LogP contribution in [0.5, 0.6) is 0 Å². The van der Waals surface area contributed by atoms with Crippen LogP contribution in [0.1, 0.15) is 25.8 Å². The summed E-state index contributed by atoms with van der Waals surface area (Å²) in [7, 11) is 0. The largest absolute Gasteiger partial charge is 0.344 e. The molecule has 0 spiro atoms. The van der Waals surface area contributed by atoms with Crippen molar-refractivity contribution in [1.82, 2.24) is 6.15 Å². The predicted octanol–water partition coefficient (Wildman–Crippen LogP) is 4.59. The molecule has 0 unspecified atom stereocenters. The predicted molar refractivity (Wildman–Crippen MR) is 72.1 cm³/mol. The highest BCUT2D eigenvalue weighted by Crippen LogP contribution is 2.20. The molecule has 2 rings (SSSR count). The van der Waals surface area contributed by atoms with Gasteiger partial charge >= 0.3 is 0 Å². The van der Waals surface area contributed by atoms with Crippen molar-refractivity contribution in [2.75, 3.05) is 0 Å². The van der Waals surface area contributed by atoms with Gasteiger partial charge in [-0.25, -0.2) is 0 Å². The normalized spacial score (nSPS) is 10.4. The maximum atomic E-state index is 2.28. The van der Waals surface area contributed by atoms with Crippen molar-refractivity contribution in [2.45, 2.75) is 26.7 Å². The van der Waals surface area contributed by atoms with Crippen molar-refractivity contribution < 1.29 is 0 Å². The maximum absolute atomic E-state index is 2.28. The molecule has 1 heteroatoms. The Bertz CT molecular complexity index is 441. The molecule has 86 valence electrons. The quantitative estimate of drug-likeness (QED) is 0.798. The summed E-state index contributed by atoms with van der Waals surface area (Å²) >= 11 is 0. The van der Waals surface area contributed by atoms with Gasteiger partial charge in [0.25, 0.3) is 0 Å². The van der Waals surface area contributed by atoms with E-state index in [0.717, 1.165) is 5.92 Å². The second-order valence-corrected chi connectivity index (χ2v) is 4.57. The van der Waals surface area contributed by atoms with Gasteiger partial charge in [-0.2, -0.15) is 0 Å². The molecule has 1 nitrogen and oxygen atoms in total. The van der Waals surface area contributed by atoms with Gasteiger partial charge in [-0.05, 0) is 35.1 Å². The Morgan fingerprint density at radius 3 is 2.38 bits per heavy atom. The van der Waals surface area contributed by atoms with Gasteiger partial charge in [0.05, 0.1) is 0 Å². The van der Waals surface area contributed by atoms with E-state index in [1.54, 1.807) is 0 Å². The van der Waals surface area contributed by atoms with Gasteiger partial charge < -0.3 is 6.15 Å². The highest BCUT2D eigenvalue weighted by atomic mass is 14.1. The highest BCUT2D eigenvalue weighted by Gasteiger charge is 2.01. The van der Waals surface area contributed by atoms with Crippen molar-refractivity contribution in [3.8, 4) is 0 Å². The third kappa shape index (κ3) is 2.83. The highest BCUT2D eigenvalue weighted by molar-refractivity contribution is 5.85. The molecule has 0 aliphatic rings. The summed E-state index contributed by atoms with van der Waals surface area (Å²) in [4.78, 5) is 0. The number of fused-ring (bicyclic) bond motifs is 1. The van der Waals surface area contributed by atoms with Gasteiger partial charge in [-0.1, -0.05) is 56.3 Å². The first-order chi connectivity index (χ1) is 7.27. The Balaban J connectivity index is 0.00000128. The van der Waals surface area contributed by atoms with Crippen molar-refractivity contribution in [3.63, 3.8) is 0 Å². The average molecular weight is 215 g/mol. The lowest BCUT2D eigenvalue weighted by Gasteiger charge is -2.08. The van der Waals surface area contributed by atoms with E-state index in [1.807, 2.05) is 0 Å². The lowest BCUT2D eigenvalue weighted by molar-refractivity contribution is 0.588. The standard InChI is InChI=1S/C15H18.H3N/c1-12(2)10-11-14-8-5-7-13-6-3-4-9-15(13)14;/h3-9,12H,10-11H2,1-2H3;1H3. The van der Waals surface area contributed by atoms with Crippen LogP contribution < -0.4 is 6.15 Å². The molecule has 0 atom stereocenters. The summed E-state index contributed by atoms with van der Waals surface area (Å²) in [6.07, 6.45) is 2.47. The van der Waals surface area contributed by atoms with Crippen molar-refractivity contribution in [2.24, 2.45) is 5.92 Å². The number of hydrogen-bond acceptors (Lipinski definition) is 1. The van der Waals surface area contributed by atoms with E-state index in [9.17, 15) is 0 Å². The van der Waals surface area contributed by atoms with Gasteiger partial charge in [0.15, 0.2) is 0 Å². The van der Waals surface area contributed by atoms with Crippen LogP contribution in [0.4, 0.5) is 0 Å². The Labute approximate surface area is 98.1 Å². The molecule has 0 bridgehead atoms. The summed E-state index contributed by atoms with van der Waals surface area (Å²) in [6.45, 7) is 4.57. The minimum Gasteiger partial charge on any atom is -0.344 e. The first-order valence-electron chi connectivity index (χ1n) is 5.74. The number of hydrogen-bond donors (Lipinski definition) is 1. The Hall–Kier alpha value is -1.34. The third-order valence-electron chi connectivity index (χ3n) is 2.87. The Morgan fingerprint density at radius 2 is 1.62 bits per heavy atom. The molecular weight excluding hydrogens is 194 g/mol. The van der Waals surface area contributed by atoms with Crippen LogP contribution in [0, 0.1) is 5.92 Å². The van der Waals surface area contributed by atoms with Crippen LogP contribution in [0.15, 0.2) is 42.5 Å². The molecule has 0 amide bonds. The van der Waals surface area contributed by atoms with E-state index < -0.39 is 0 Å². The molecule has 0 saturated carbocycles. The molecule has 0 aliphatic carbocycles. The lowest BCUT2D eigenvalue weighted by atomic mass is 9.97. The zero-order valence-corrected chi connectivity index (χ0v) is 10.2. The molecule has 3 N–H and O–H groups in total. The van der Waals surface area contributed by atoms with Crippen LogP contribution >= 0.6 is 0 Å². The zero-order valence-electron chi connectivity index (χ0n) is 10.2. The number of rotatable bonds is 3. The Morgan fingerprint density at radius 1 is 0.938 bits per heavy atom. The average Bonchev–Trinajstić information content (AvgIpc) is 2.26. The molecule has 16 heavy (non-hydrogen) atoms. The monoisotopic (exact) mass is 215 g/mol. The topological polar surface area (TPSA) is 35.0 Å². The second kappa shape index (κ2) is 5.66. The Kier molecular flexibility index (Phi) is 4.51. The van der Waals surface area contributed by atoms with Gasteiger partial charge in [-0.3, -0.25) is 0 Å². The molecule has 0 fully saturated rings. The van der Waals surface area contributed by atoms with Crippen LogP contribution in [0.2, 0.25) is 0 Å². The van der Waals surface area contributed by atoms with E-state index in [2.05, 4.69) is 56.3 Å².